The van der Waals surface area contributed by atoms with E-state index in [2.05, 4.69) is 0 Å². The summed E-state index contributed by atoms with van der Waals surface area (Å²) in [4.78, 5) is 14.0. The van der Waals surface area contributed by atoms with Crippen LogP contribution in [0.25, 0.3) is 11.0 Å². The SMILES string of the molecule is COC(C)(C)C(=O)N(C)C(C)c1cc2ccccc2o1. The minimum absolute atomic E-state index is 0.0760. The third kappa shape index (κ3) is 2.56. The Labute approximate surface area is 119 Å². The van der Waals surface area contributed by atoms with Crippen LogP contribution in [-0.2, 0) is 9.53 Å². The molecule has 0 bridgehead atoms. The molecule has 0 aliphatic heterocycles. The molecule has 0 N–H and O–H groups in total. The number of amides is 1. The molecule has 1 amide bonds. The molecule has 0 radical (unpaired) electrons. The van der Waals surface area contributed by atoms with Crippen molar-refractivity contribution in [3.05, 3.63) is 36.1 Å². The van der Waals surface area contributed by atoms with Gasteiger partial charge < -0.3 is 14.1 Å². The Morgan fingerprint density at radius 3 is 2.60 bits per heavy atom. The van der Waals surface area contributed by atoms with E-state index < -0.39 is 5.60 Å². The van der Waals surface area contributed by atoms with Crippen LogP contribution in [0.15, 0.2) is 34.7 Å². The molecule has 0 aliphatic rings. The van der Waals surface area contributed by atoms with Crippen molar-refractivity contribution in [3.63, 3.8) is 0 Å². The molecule has 1 unspecified atom stereocenters. The second-order valence-corrected chi connectivity index (χ2v) is 5.49. The minimum atomic E-state index is -0.838. The number of furan rings is 1. The van der Waals surface area contributed by atoms with Gasteiger partial charge in [0.05, 0.1) is 6.04 Å². The maximum Gasteiger partial charge on any atom is 0.254 e. The second-order valence-electron chi connectivity index (χ2n) is 5.49. The van der Waals surface area contributed by atoms with Gasteiger partial charge in [-0.05, 0) is 32.9 Å². The van der Waals surface area contributed by atoms with Crippen LogP contribution in [0.3, 0.4) is 0 Å². The van der Waals surface area contributed by atoms with Gasteiger partial charge in [0.15, 0.2) is 0 Å². The quantitative estimate of drug-likeness (QED) is 0.859. The fraction of sp³-hybridized carbons (Fsp3) is 0.438. The lowest BCUT2D eigenvalue weighted by Gasteiger charge is -2.31. The van der Waals surface area contributed by atoms with Crippen molar-refractivity contribution in [1.29, 1.82) is 0 Å². The summed E-state index contributed by atoms with van der Waals surface area (Å²) in [5.41, 5.74) is -0.00382. The molecule has 4 nitrogen and oxygen atoms in total. The summed E-state index contributed by atoms with van der Waals surface area (Å²) in [5, 5.41) is 1.04. The summed E-state index contributed by atoms with van der Waals surface area (Å²) in [6.45, 7) is 5.47. The van der Waals surface area contributed by atoms with Crippen LogP contribution < -0.4 is 0 Å². The highest BCUT2D eigenvalue weighted by Crippen LogP contribution is 2.28. The standard InChI is InChI=1S/C16H21NO3/c1-11(17(4)15(18)16(2,3)19-5)14-10-12-8-6-7-9-13(12)20-14/h6-11H,1-5H3. The molecule has 1 atom stereocenters. The highest BCUT2D eigenvalue weighted by molar-refractivity contribution is 5.85. The maximum absolute atomic E-state index is 12.4. The number of fused-ring (bicyclic) bond motifs is 1. The number of carbonyl (C=O) groups is 1. The van der Waals surface area contributed by atoms with Crippen molar-refractivity contribution in [2.75, 3.05) is 14.2 Å². The van der Waals surface area contributed by atoms with Crippen LogP contribution in [0.4, 0.5) is 0 Å². The van der Waals surface area contributed by atoms with Crippen LogP contribution in [0.2, 0.25) is 0 Å². The fourth-order valence-electron chi connectivity index (χ4n) is 2.09. The van der Waals surface area contributed by atoms with Gasteiger partial charge in [0.1, 0.15) is 16.9 Å². The minimum Gasteiger partial charge on any atom is -0.459 e. The normalized spacial score (nSPS) is 13.4. The van der Waals surface area contributed by atoms with Crippen molar-refractivity contribution >= 4 is 16.9 Å². The lowest BCUT2D eigenvalue weighted by Crippen LogP contribution is -2.45. The molecule has 0 saturated heterocycles. The van der Waals surface area contributed by atoms with Gasteiger partial charge in [-0.3, -0.25) is 4.79 Å². The average molecular weight is 275 g/mol. The van der Waals surface area contributed by atoms with E-state index in [1.54, 1.807) is 25.8 Å². The summed E-state index contributed by atoms with van der Waals surface area (Å²) in [5.74, 6) is 0.696. The first-order valence-corrected chi connectivity index (χ1v) is 6.67. The number of hydrogen-bond acceptors (Lipinski definition) is 3. The zero-order valence-corrected chi connectivity index (χ0v) is 12.6. The largest absolute Gasteiger partial charge is 0.459 e. The number of hydrogen-bond donors (Lipinski definition) is 0. The number of ether oxygens (including phenoxy) is 1. The highest BCUT2D eigenvalue weighted by Gasteiger charge is 2.33. The van der Waals surface area contributed by atoms with E-state index in [1.165, 1.54) is 7.11 Å². The van der Waals surface area contributed by atoms with Gasteiger partial charge in [0.2, 0.25) is 0 Å². The third-order valence-electron chi connectivity index (χ3n) is 3.78. The molecule has 0 fully saturated rings. The van der Waals surface area contributed by atoms with Gasteiger partial charge in [-0.1, -0.05) is 18.2 Å². The lowest BCUT2D eigenvalue weighted by molar-refractivity contribution is -0.152. The van der Waals surface area contributed by atoms with Crippen molar-refractivity contribution in [3.8, 4) is 0 Å². The second kappa shape index (κ2) is 5.29. The van der Waals surface area contributed by atoms with Gasteiger partial charge in [0.25, 0.3) is 5.91 Å². The molecular weight excluding hydrogens is 254 g/mol. The molecule has 20 heavy (non-hydrogen) atoms. The molecule has 2 rings (SSSR count). The first kappa shape index (κ1) is 14.6. The Kier molecular flexibility index (Phi) is 3.86. The van der Waals surface area contributed by atoms with Crippen LogP contribution >= 0.6 is 0 Å². The van der Waals surface area contributed by atoms with Crippen LogP contribution in [0.5, 0.6) is 0 Å². The highest BCUT2D eigenvalue weighted by atomic mass is 16.5. The van der Waals surface area contributed by atoms with E-state index in [1.807, 2.05) is 37.3 Å². The van der Waals surface area contributed by atoms with Gasteiger partial charge >= 0.3 is 0 Å². The van der Waals surface area contributed by atoms with Crippen molar-refractivity contribution < 1.29 is 13.9 Å². The summed E-state index contributed by atoms with van der Waals surface area (Å²) in [6, 6.07) is 9.65. The van der Waals surface area contributed by atoms with Crippen molar-refractivity contribution in [2.45, 2.75) is 32.4 Å². The Bertz CT molecular complexity index is 582. The van der Waals surface area contributed by atoms with Crippen molar-refractivity contribution in [2.24, 2.45) is 0 Å². The Balaban J connectivity index is 2.26. The number of carbonyl (C=O) groups excluding carboxylic acids is 1. The number of likely N-dealkylation sites (N-methyl/N-ethyl adjacent to an activating group) is 1. The summed E-state index contributed by atoms with van der Waals surface area (Å²) in [7, 11) is 3.30. The molecule has 1 heterocycles. The maximum atomic E-state index is 12.4. The summed E-state index contributed by atoms with van der Waals surface area (Å²) < 4.78 is 11.1. The summed E-state index contributed by atoms with van der Waals surface area (Å²) in [6.07, 6.45) is 0. The topological polar surface area (TPSA) is 42.7 Å². The predicted molar refractivity (Wildman–Crippen MR) is 78.5 cm³/mol. The first-order valence-electron chi connectivity index (χ1n) is 6.67. The number of nitrogens with zero attached hydrogens (tertiary/aromatic N) is 1. The lowest BCUT2D eigenvalue weighted by atomic mass is 10.1. The zero-order valence-electron chi connectivity index (χ0n) is 12.6. The van der Waals surface area contributed by atoms with Gasteiger partial charge in [-0.15, -0.1) is 0 Å². The van der Waals surface area contributed by atoms with E-state index in [4.69, 9.17) is 9.15 Å². The van der Waals surface area contributed by atoms with Crippen molar-refractivity contribution in [1.82, 2.24) is 4.90 Å². The molecule has 1 aromatic heterocycles. The number of rotatable bonds is 4. The molecule has 0 saturated carbocycles. The van der Waals surface area contributed by atoms with E-state index >= 15 is 0 Å². The average Bonchev–Trinajstić information content (AvgIpc) is 2.88. The number of para-hydroxylation sites is 1. The Morgan fingerprint density at radius 2 is 2.00 bits per heavy atom. The van der Waals surface area contributed by atoms with E-state index in [0.717, 1.165) is 16.7 Å². The molecule has 0 spiro atoms. The molecule has 2 aromatic rings. The van der Waals surface area contributed by atoms with Gasteiger partial charge in [-0.2, -0.15) is 0 Å². The van der Waals surface area contributed by atoms with E-state index in [-0.39, 0.29) is 11.9 Å². The molecular formula is C16H21NO3. The van der Waals surface area contributed by atoms with Crippen LogP contribution in [0.1, 0.15) is 32.6 Å². The number of benzene rings is 1. The Hall–Kier alpha value is -1.81. The van der Waals surface area contributed by atoms with E-state index in [0.29, 0.717) is 0 Å². The van der Waals surface area contributed by atoms with E-state index in [9.17, 15) is 4.79 Å². The number of methoxy groups -OCH3 is 1. The molecule has 1 aromatic carbocycles. The zero-order chi connectivity index (χ0) is 14.9. The third-order valence-corrected chi connectivity index (χ3v) is 3.78. The monoisotopic (exact) mass is 275 g/mol. The fourth-order valence-corrected chi connectivity index (χ4v) is 2.09. The molecule has 4 heteroatoms. The van der Waals surface area contributed by atoms with Crippen LogP contribution in [0, 0.1) is 0 Å². The van der Waals surface area contributed by atoms with Crippen LogP contribution in [-0.4, -0.2) is 30.6 Å². The predicted octanol–water partition coefficient (Wildman–Crippen LogP) is 3.38. The molecule has 108 valence electrons. The first-order chi connectivity index (χ1) is 9.36. The molecule has 0 aliphatic carbocycles. The van der Waals surface area contributed by atoms with Gasteiger partial charge in [0, 0.05) is 19.5 Å². The van der Waals surface area contributed by atoms with Gasteiger partial charge in [-0.25, -0.2) is 0 Å². The Morgan fingerprint density at radius 1 is 1.35 bits per heavy atom. The summed E-state index contributed by atoms with van der Waals surface area (Å²) >= 11 is 0. The smallest absolute Gasteiger partial charge is 0.254 e.